The molecule has 7 heteroatoms. The second kappa shape index (κ2) is 7.20. The fourth-order valence-corrected chi connectivity index (χ4v) is 3.35. The van der Waals surface area contributed by atoms with Crippen molar-refractivity contribution in [2.45, 2.75) is 44.0 Å². The van der Waals surface area contributed by atoms with Gasteiger partial charge in [-0.2, -0.15) is 9.98 Å². The number of rotatable bonds is 7. The maximum atomic E-state index is 12.3. The minimum Gasteiger partial charge on any atom is -0.480 e. The number of aliphatic carboxylic acids is 1. The zero-order chi connectivity index (χ0) is 16.0. The first-order chi connectivity index (χ1) is 9.83. The van der Waals surface area contributed by atoms with Gasteiger partial charge < -0.3 is 5.11 Å². The Morgan fingerprint density at radius 3 is 2.67 bits per heavy atom. The maximum Gasteiger partial charge on any atom is 0.321 e. The lowest BCUT2D eigenvalue weighted by Gasteiger charge is -2.15. The Morgan fingerprint density at radius 2 is 2.14 bits per heavy atom. The molecule has 6 nitrogen and oxygen atoms in total. The van der Waals surface area contributed by atoms with Crippen LogP contribution < -0.4 is 4.72 Å². The molecule has 0 amide bonds. The zero-order valence-electron chi connectivity index (χ0n) is 12.0. The van der Waals surface area contributed by atoms with Gasteiger partial charge in [0.25, 0.3) is 0 Å². The van der Waals surface area contributed by atoms with E-state index < -0.39 is 22.0 Å². The van der Waals surface area contributed by atoms with Crippen LogP contribution in [0.2, 0.25) is 0 Å². The molecule has 1 aromatic rings. The van der Waals surface area contributed by atoms with Crippen LogP contribution in [0.3, 0.4) is 0 Å². The molecule has 1 rings (SSSR count). The van der Waals surface area contributed by atoms with E-state index >= 15 is 0 Å². The average Bonchev–Trinajstić information content (AvgIpc) is 2.42. The zero-order valence-corrected chi connectivity index (χ0v) is 12.8. The summed E-state index contributed by atoms with van der Waals surface area (Å²) in [7, 11) is -4.05. The smallest absolute Gasteiger partial charge is 0.321 e. The van der Waals surface area contributed by atoms with Crippen LogP contribution in [-0.2, 0) is 14.8 Å². The minimum absolute atomic E-state index is 0.0321. The number of hydrogen-bond donors (Lipinski definition) is 2. The number of unbranched alkanes of at least 4 members (excludes halogenated alkanes) is 1. The molecule has 0 aromatic heterocycles. The molecule has 114 valence electrons. The van der Waals surface area contributed by atoms with Crippen LogP contribution in [0.5, 0.6) is 0 Å². The number of sulfonamides is 1. The van der Waals surface area contributed by atoms with Gasteiger partial charge in [0, 0.05) is 0 Å². The van der Waals surface area contributed by atoms with Crippen molar-refractivity contribution in [3.63, 3.8) is 0 Å². The molecular formula is C14H18N2O4S. The number of nitrogens with one attached hydrogen (secondary N) is 1. The molecule has 0 aliphatic rings. The molecule has 21 heavy (non-hydrogen) atoms. The average molecular weight is 310 g/mol. The monoisotopic (exact) mass is 310 g/mol. The van der Waals surface area contributed by atoms with Gasteiger partial charge in [-0.05, 0) is 25.0 Å². The van der Waals surface area contributed by atoms with E-state index in [0.29, 0.717) is 12.0 Å². The molecule has 0 fully saturated rings. The third kappa shape index (κ3) is 4.28. The highest BCUT2D eigenvalue weighted by Gasteiger charge is 2.27. The lowest BCUT2D eigenvalue weighted by atomic mass is 10.1. The normalized spacial score (nSPS) is 12.6. The van der Waals surface area contributed by atoms with Crippen LogP contribution in [-0.4, -0.2) is 25.5 Å². The second-order valence-corrected chi connectivity index (χ2v) is 6.40. The highest BCUT2D eigenvalue weighted by molar-refractivity contribution is 7.89. The Balaban J connectivity index is 3.14. The van der Waals surface area contributed by atoms with Crippen molar-refractivity contribution in [2.75, 3.05) is 0 Å². The first-order valence-corrected chi connectivity index (χ1v) is 8.06. The molecule has 0 unspecified atom stereocenters. The molecule has 2 N–H and O–H groups in total. The van der Waals surface area contributed by atoms with E-state index in [4.69, 9.17) is 10.4 Å². The Kier molecular flexibility index (Phi) is 5.88. The predicted octanol–water partition coefficient (Wildman–Crippen LogP) is 1.79. The van der Waals surface area contributed by atoms with Crippen molar-refractivity contribution < 1.29 is 18.3 Å². The summed E-state index contributed by atoms with van der Waals surface area (Å²) in [6.07, 6.45) is 1.57. The molecule has 0 aliphatic heterocycles. The Hall–Kier alpha value is -1.91. The van der Waals surface area contributed by atoms with E-state index in [1.54, 1.807) is 13.0 Å². The number of nitrogens with zero attached hydrogens (tertiary/aromatic N) is 1. The summed E-state index contributed by atoms with van der Waals surface area (Å²) in [6, 6.07) is 5.10. The molecule has 0 saturated carbocycles. The minimum atomic E-state index is -4.05. The van der Waals surface area contributed by atoms with Gasteiger partial charge in [-0.25, -0.2) is 8.42 Å². The molecule has 0 saturated heterocycles. The van der Waals surface area contributed by atoms with Crippen molar-refractivity contribution in [1.82, 2.24) is 4.72 Å². The van der Waals surface area contributed by atoms with Gasteiger partial charge in [-0.3, -0.25) is 4.79 Å². The fourth-order valence-electron chi connectivity index (χ4n) is 1.90. The summed E-state index contributed by atoms with van der Waals surface area (Å²) in [5.74, 6) is -1.22. The maximum absolute atomic E-state index is 12.3. The lowest BCUT2D eigenvalue weighted by Crippen LogP contribution is -2.40. The van der Waals surface area contributed by atoms with Crippen LogP contribution in [0, 0.1) is 18.3 Å². The van der Waals surface area contributed by atoms with Gasteiger partial charge >= 0.3 is 5.97 Å². The third-order valence-electron chi connectivity index (χ3n) is 3.08. The van der Waals surface area contributed by atoms with E-state index in [0.717, 1.165) is 6.42 Å². The van der Waals surface area contributed by atoms with Crippen LogP contribution in [0.4, 0.5) is 0 Å². The number of carbonyl (C=O) groups is 1. The molecule has 0 bridgehead atoms. The third-order valence-corrected chi connectivity index (χ3v) is 4.59. The van der Waals surface area contributed by atoms with Crippen LogP contribution in [0.15, 0.2) is 23.1 Å². The fraction of sp³-hybridized carbons (Fsp3) is 0.429. The number of carboxylic acids is 1. The summed E-state index contributed by atoms with van der Waals surface area (Å²) in [4.78, 5) is 11.0. The van der Waals surface area contributed by atoms with Gasteiger partial charge in [-0.15, -0.1) is 0 Å². The molecule has 1 atom stereocenters. The Labute approximate surface area is 124 Å². The quantitative estimate of drug-likeness (QED) is 0.798. The molecule has 0 spiro atoms. The van der Waals surface area contributed by atoms with Gasteiger partial charge in [0.15, 0.2) is 0 Å². The summed E-state index contributed by atoms with van der Waals surface area (Å²) in [5.41, 5.74) is 0.561. The Morgan fingerprint density at radius 1 is 1.48 bits per heavy atom. The molecule has 0 heterocycles. The van der Waals surface area contributed by atoms with Crippen LogP contribution in [0.25, 0.3) is 0 Å². The van der Waals surface area contributed by atoms with E-state index in [1.807, 2.05) is 13.0 Å². The molecule has 0 radical (unpaired) electrons. The standard InChI is InChI=1S/C14H18N2O4S/c1-3-4-7-12(14(17)18)16-21(19,20)13-8-5-6-10(2)11(13)9-15/h5-6,8,12,16H,3-4,7H2,1-2H3,(H,17,18)/t12-/m0/s1. The largest absolute Gasteiger partial charge is 0.480 e. The summed E-state index contributed by atoms with van der Waals surface area (Å²) < 4.78 is 26.8. The summed E-state index contributed by atoms with van der Waals surface area (Å²) in [6.45, 7) is 3.52. The Bertz CT molecular complexity index is 662. The summed E-state index contributed by atoms with van der Waals surface area (Å²) >= 11 is 0. The first kappa shape index (κ1) is 17.1. The number of benzene rings is 1. The predicted molar refractivity (Wildman–Crippen MR) is 77.2 cm³/mol. The molecule has 1 aromatic carbocycles. The highest BCUT2D eigenvalue weighted by atomic mass is 32.2. The second-order valence-electron chi connectivity index (χ2n) is 4.71. The lowest BCUT2D eigenvalue weighted by molar-refractivity contribution is -0.139. The number of hydrogen-bond acceptors (Lipinski definition) is 4. The number of aryl methyl sites for hydroxylation is 1. The first-order valence-electron chi connectivity index (χ1n) is 6.58. The van der Waals surface area contributed by atoms with Gasteiger partial charge in [0.05, 0.1) is 5.56 Å². The van der Waals surface area contributed by atoms with E-state index in [2.05, 4.69) is 4.72 Å². The van der Waals surface area contributed by atoms with Crippen molar-refractivity contribution in [3.05, 3.63) is 29.3 Å². The SMILES string of the molecule is CCCC[C@H](NS(=O)(=O)c1cccc(C)c1C#N)C(=O)O. The number of carboxylic acid groups (broad SMARTS) is 1. The van der Waals surface area contributed by atoms with Gasteiger partial charge in [-0.1, -0.05) is 31.9 Å². The van der Waals surface area contributed by atoms with Crippen molar-refractivity contribution in [3.8, 4) is 6.07 Å². The van der Waals surface area contributed by atoms with Gasteiger partial charge in [0.1, 0.15) is 17.0 Å². The number of nitriles is 1. The highest BCUT2D eigenvalue weighted by Crippen LogP contribution is 2.19. The molecular weight excluding hydrogens is 292 g/mol. The van der Waals surface area contributed by atoms with E-state index in [9.17, 15) is 13.2 Å². The van der Waals surface area contributed by atoms with Crippen molar-refractivity contribution in [2.24, 2.45) is 0 Å². The van der Waals surface area contributed by atoms with Crippen molar-refractivity contribution in [1.29, 1.82) is 5.26 Å². The van der Waals surface area contributed by atoms with Gasteiger partial charge in [0.2, 0.25) is 10.0 Å². The van der Waals surface area contributed by atoms with E-state index in [1.165, 1.54) is 12.1 Å². The van der Waals surface area contributed by atoms with E-state index in [-0.39, 0.29) is 16.9 Å². The van der Waals surface area contributed by atoms with Crippen LogP contribution >= 0.6 is 0 Å². The topological polar surface area (TPSA) is 107 Å². The summed E-state index contributed by atoms with van der Waals surface area (Å²) in [5, 5.41) is 18.2. The van der Waals surface area contributed by atoms with Crippen molar-refractivity contribution >= 4 is 16.0 Å². The molecule has 0 aliphatic carbocycles. The van der Waals surface area contributed by atoms with Crippen LogP contribution in [0.1, 0.15) is 37.3 Å².